The standard InChI is InChI=1S/C13H13BrN4/c1-7-2-5-9(16-6-7)13-17-11(8-3-4-8)10(14)12(15)18-13/h2,5-6,8H,3-4H2,1H3,(H2,15,17,18). The van der Waals surface area contributed by atoms with E-state index in [-0.39, 0.29) is 0 Å². The molecule has 0 unspecified atom stereocenters. The third-order valence-electron chi connectivity index (χ3n) is 3.01. The molecule has 2 heterocycles. The molecule has 0 spiro atoms. The highest BCUT2D eigenvalue weighted by molar-refractivity contribution is 9.10. The molecule has 5 heteroatoms. The molecule has 1 aliphatic rings. The highest BCUT2D eigenvalue weighted by Gasteiger charge is 2.29. The Kier molecular flexibility index (Phi) is 2.78. The van der Waals surface area contributed by atoms with Crippen LogP contribution in [-0.2, 0) is 0 Å². The molecule has 1 aliphatic carbocycles. The minimum Gasteiger partial charge on any atom is -0.383 e. The molecule has 0 bridgehead atoms. The number of halogens is 1. The molecule has 4 nitrogen and oxygen atoms in total. The fourth-order valence-electron chi connectivity index (χ4n) is 1.82. The van der Waals surface area contributed by atoms with E-state index in [1.165, 1.54) is 12.8 Å². The van der Waals surface area contributed by atoms with Crippen molar-refractivity contribution in [3.05, 3.63) is 34.1 Å². The van der Waals surface area contributed by atoms with Gasteiger partial charge in [0.2, 0.25) is 0 Å². The highest BCUT2D eigenvalue weighted by Crippen LogP contribution is 2.43. The number of nitrogen functional groups attached to an aromatic ring is 1. The summed E-state index contributed by atoms with van der Waals surface area (Å²) < 4.78 is 0.834. The lowest BCUT2D eigenvalue weighted by molar-refractivity contribution is 0.978. The van der Waals surface area contributed by atoms with Gasteiger partial charge in [-0.1, -0.05) is 6.07 Å². The first kappa shape index (κ1) is 11.6. The summed E-state index contributed by atoms with van der Waals surface area (Å²) in [4.78, 5) is 13.2. The van der Waals surface area contributed by atoms with E-state index in [9.17, 15) is 0 Å². The number of aryl methyl sites for hydroxylation is 1. The van der Waals surface area contributed by atoms with Gasteiger partial charge in [-0.2, -0.15) is 0 Å². The van der Waals surface area contributed by atoms with Crippen molar-refractivity contribution in [2.24, 2.45) is 0 Å². The van der Waals surface area contributed by atoms with Crippen molar-refractivity contribution in [2.75, 3.05) is 5.73 Å². The smallest absolute Gasteiger partial charge is 0.180 e. The van der Waals surface area contributed by atoms with Crippen LogP contribution in [0.2, 0.25) is 0 Å². The highest BCUT2D eigenvalue weighted by atomic mass is 79.9. The predicted molar refractivity (Wildman–Crippen MR) is 74.1 cm³/mol. The Labute approximate surface area is 114 Å². The maximum atomic E-state index is 5.93. The van der Waals surface area contributed by atoms with E-state index in [1.807, 2.05) is 25.3 Å². The minimum absolute atomic E-state index is 0.490. The van der Waals surface area contributed by atoms with Gasteiger partial charge in [-0.15, -0.1) is 0 Å². The van der Waals surface area contributed by atoms with E-state index < -0.39 is 0 Å². The summed E-state index contributed by atoms with van der Waals surface area (Å²) >= 11 is 3.47. The van der Waals surface area contributed by atoms with Crippen molar-refractivity contribution in [1.29, 1.82) is 0 Å². The summed E-state index contributed by atoms with van der Waals surface area (Å²) in [5.74, 6) is 1.62. The van der Waals surface area contributed by atoms with Crippen LogP contribution in [0.25, 0.3) is 11.5 Å². The summed E-state index contributed by atoms with van der Waals surface area (Å²) in [6.07, 6.45) is 4.17. The summed E-state index contributed by atoms with van der Waals surface area (Å²) in [5, 5.41) is 0. The number of rotatable bonds is 2. The van der Waals surface area contributed by atoms with Crippen LogP contribution in [0.4, 0.5) is 5.82 Å². The zero-order valence-electron chi connectivity index (χ0n) is 10.0. The Morgan fingerprint density at radius 2 is 2.06 bits per heavy atom. The zero-order valence-corrected chi connectivity index (χ0v) is 11.6. The monoisotopic (exact) mass is 304 g/mol. The van der Waals surface area contributed by atoms with E-state index in [2.05, 4.69) is 30.9 Å². The van der Waals surface area contributed by atoms with Crippen molar-refractivity contribution in [3.8, 4) is 11.5 Å². The van der Waals surface area contributed by atoms with Gasteiger partial charge in [0.25, 0.3) is 0 Å². The van der Waals surface area contributed by atoms with Gasteiger partial charge in [0.15, 0.2) is 5.82 Å². The van der Waals surface area contributed by atoms with Gasteiger partial charge in [0.1, 0.15) is 11.5 Å². The van der Waals surface area contributed by atoms with Crippen molar-refractivity contribution in [3.63, 3.8) is 0 Å². The SMILES string of the molecule is Cc1ccc(-c2nc(N)c(Br)c(C3CC3)n2)nc1. The van der Waals surface area contributed by atoms with E-state index in [1.54, 1.807) is 0 Å². The molecule has 0 saturated heterocycles. The lowest BCUT2D eigenvalue weighted by Crippen LogP contribution is -2.02. The first-order chi connectivity index (χ1) is 8.65. The first-order valence-corrected chi connectivity index (χ1v) is 6.70. The van der Waals surface area contributed by atoms with Crippen LogP contribution in [0, 0.1) is 6.92 Å². The molecular formula is C13H13BrN4. The Morgan fingerprint density at radius 3 is 2.67 bits per heavy atom. The largest absolute Gasteiger partial charge is 0.383 e. The Bertz CT molecular complexity index is 591. The fraction of sp³-hybridized carbons (Fsp3) is 0.308. The van der Waals surface area contributed by atoms with E-state index >= 15 is 0 Å². The third kappa shape index (κ3) is 2.10. The number of hydrogen-bond donors (Lipinski definition) is 1. The summed E-state index contributed by atoms with van der Waals surface area (Å²) in [7, 11) is 0. The Balaban J connectivity index is 2.09. The molecule has 18 heavy (non-hydrogen) atoms. The molecule has 0 amide bonds. The number of hydrogen-bond acceptors (Lipinski definition) is 4. The van der Waals surface area contributed by atoms with Gasteiger partial charge in [0, 0.05) is 12.1 Å². The lowest BCUT2D eigenvalue weighted by atomic mass is 10.2. The zero-order chi connectivity index (χ0) is 12.7. The molecular weight excluding hydrogens is 292 g/mol. The molecule has 2 aromatic heterocycles. The predicted octanol–water partition coefficient (Wildman–Crippen LogP) is 3.07. The topological polar surface area (TPSA) is 64.7 Å². The molecule has 3 rings (SSSR count). The summed E-state index contributed by atoms with van der Waals surface area (Å²) in [6, 6.07) is 3.93. The van der Waals surface area contributed by atoms with Crippen LogP contribution in [0.15, 0.2) is 22.8 Å². The molecule has 0 atom stereocenters. The maximum absolute atomic E-state index is 5.93. The second kappa shape index (κ2) is 4.31. The Morgan fingerprint density at radius 1 is 1.28 bits per heavy atom. The van der Waals surface area contributed by atoms with Crippen LogP contribution < -0.4 is 5.73 Å². The lowest BCUT2D eigenvalue weighted by Gasteiger charge is -2.07. The van der Waals surface area contributed by atoms with E-state index in [0.29, 0.717) is 17.6 Å². The van der Waals surface area contributed by atoms with Crippen molar-refractivity contribution >= 4 is 21.7 Å². The maximum Gasteiger partial charge on any atom is 0.180 e. The minimum atomic E-state index is 0.490. The molecule has 1 fully saturated rings. The first-order valence-electron chi connectivity index (χ1n) is 5.91. The fourth-order valence-corrected chi connectivity index (χ4v) is 2.33. The normalized spacial score (nSPS) is 14.8. The van der Waals surface area contributed by atoms with Crippen LogP contribution in [0.5, 0.6) is 0 Å². The van der Waals surface area contributed by atoms with Gasteiger partial charge >= 0.3 is 0 Å². The quantitative estimate of drug-likeness (QED) is 0.926. The molecule has 0 aliphatic heterocycles. The van der Waals surface area contributed by atoms with Gasteiger partial charge in [-0.3, -0.25) is 4.98 Å². The number of nitrogens with two attached hydrogens (primary N) is 1. The van der Waals surface area contributed by atoms with E-state index in [4.69, 9.17) is 5.73 Å². The third-order valence-corrected chi connectivity index (χ3v) is 3.82. The number of aromatic nitrogens is 3. The molecule has 92 valence electrons. The second-order valence-electron chi connectivity index (χ2n) is 4.63. The average molecular weight is 305 g/mol. The van der Waals surface area contributed by atoms with Gasteiger partial charge in [0.05, 0.1) is 10.2 Å². The Hall–Kier alpha value is -1.49. The van der Waals surface area contributed by atoms with Crippen LogP contribution >= 0.6 is 15.9 Å². The number of anilines is 1. The molecule has 2 N–H and O–H groups in total. The number of pyridine rings is 1. The molecule has 0 aromatic carbocycles. The van der Waals surface area contributed by atoms with Gasteiger partial charge < -0.3 is 5.73 Å². The summed E-state index contributed by atoms with van der Waals surface area (Å²) in [5.41, 5.74) is 8.82. The van der Waals surface area contributed by atoms with Gasteiger partial charge in [-0.05, 0) is 47.3 Å². The van der Waals surface area contributed by atoms with Gasteiger partial charge in [-0.25, -0.2) is 9.97 Å². The molecule has 2 aromatic rings. The van der Waals surface area contributed by atoms with Crippen molar-refractivity contribution in [2.45, 2.75) is 25.7 Å². The summed E-state index contributed by atoms with van der Waals surface area (Å²) in [6.45, 7) is 2.00. The average Bonchev–Trinajstić information content (AvgIpc) is 3.18. The number of nitrogens with zero attached hydrogens (tertiary/aromatic N) is 3. The van der Waals surface area contributed by atoms with Crippen LogP contribution in [-0.4, -0.2) is 15.0 Å². The van der Waals surface area contributed by atoms with Crippen molar-refractivity contribution in [1.82, 2.24) is 15.0 Å². The second-order valence-corrected chi connectivity index (χ2v) is 5.42. The van der Waals surface area contributed by atoms with Crippen molar-refractivity contribution < 1.29 is 0 Å². The van der Waals surface area contributed by atoms with E-state index in [0.717, 1.165) is 21.4 Å². The van der Waals surface area contributed by atoms with Crippen LogP contribution in [0.1, 0.15) is 30.0 Å². The van der Waals surface area contributed by atoms with Crippen LogP contribution in [0.3, 0.4) is 0 Å². The molecule has 1 saturated carbocycles. The molecule has 0 radical (unpaired) electrons.